The highest BCUT2D eigenvalue weighted by molar-refractivity contribution is 6.04. The fourth-order valence-electron chi connectivity index (χ4n) is 4.35. The topological polar surface area (TPSA) is 90.0 Å². The van der Waals surface area contributed by atoms with Crippen LogP contribution in [0.2, 0.25) is 0 Å². The summed E-state index contributed by atoms with van der Waals surface area (Å²) in [6, 6.07) is 16.2. The van der Waals surface area contributed by atoms with Crippen molar-refractivity contribution < 1.29 is 4.79 Å². The average molecular weight is 454 g/mol. The van der Waals surface area contributed by atoms with E-state index in [1.54, 1.807) is 6.20 Å². The Morgan fingerprint density at radius 3 is 2.47 bits per heavy atom. The highest BCUT2D eigenvalue weighted by Gasteiger charge is 2.24. The van der Waals surface area contributed by atoms with Crippen LogP contribution in [-0.4, -0.2) is 56.9 Å². The van der Waals surface area contributed by atoms with E-state index in [1.807, 2.05) is 43.5 Å². The van der Waals surface area contributed by atoms with Gasteiger partial charge in [0.1, 0.15) is 11.5 Å². The monoisotopic (exact) mass is 453 g/mol. The van der Waals surface area contributed by atoms with Gasteiger partial charge in [0.15, 0.2) is 0 Å². The summed E-state index contributed by atoms with van der Waals surface area (Å²) in [7, 11) is 0. The zero-order valence-corrected chi connectivity index (χ0v) is 19.1. The van der Waals surface area contributed by atoms with Gasteiger partial charge in [-0.05, 0) is 24.6 Å². The number of aryl methyl sites for hydroxylation is 1. The Morgan fingerprint density at radius 2 is 1.76 bits per heavy atom. The molecule has 0 unspecified atom stereocenters. The first-order valence-electron chi connectivity index (χ1n) is 11.4. The number of piperazine rings is 1. The van der Waals surface area contributed by atoms with Crippen LogP contribution >= 0.6 is 0 Å². The second-order valence-electron chi connectivity index (χ2n) is 8.34. The van der Waals surface area contributed by atoms with Crippen molar-refractivity contribution in [1.29, 1.82) is 0 Å². The number of pyridine rings is 1. The fourth-order valence-corrected chi connectivity index (χ4v) is 4.35. The summed E-state index contributed by atoms with van der Waals surface area (Å²) < 4.78 is 0. The maximum absolute atomic E-state index is 12.9. The minimum atomic E-state index is -0.268. The molecule has 34 heavy (non-hydrogen) atoms. The largest absolute Gasteiger partial charge is 0.357 e. The number of nitrogens with zero attached hydrogens (tertiary/aromatic N) is 5. The summed E-state index contributed by atoms with van der Waals surface area (Å²) in [6.45, 7) is 6.34. The van der Waals surface area contributed by atoms with Crippen molar-refractivity contribution in [1.82, 2.24) is 24.8 Å². The Labute approximate surface area is 198 Å². The molecule has 3 aromatic heterocycles. The van der Waals surface area contributed by atoms with Gasteiger partial charge in [0.05, 0.1) is 17.6 Å². The van der Waals surface area contributed by atoms with Crippen molar-refractivity contribution in [2.45, 2.75) is 13.5 Å². The number of carbonyl (C=O) groups is 1. The molecule has 0 saturated carbocycles. The molecule has 5 rings (SSSR count). The predicted octanol–water partition coefficient (Wildman–Crippen LogP) is 3.75. The molecular weight excluding hydrogens is 426 g/mol. The highest BCUT2D eigenvalue weighted by atomic mass is 16.1. The number of aromatic nitrogens is 4. The number of benzene rings is 1. The molecule has 0 spiro atoms. The van der Waals surface area contributed by atoms with Gasteiger partial charge in [-0.15, -0.1) is 0 Å². The van der Waals surface area contributed by atoms with E-state index >= 15 is 0 Å². The lowest BCUT2D eigenvalue weighted by atomic mass is 10.1. The van der Waals surface area contributed by atoms with Crippen molar-refractivity contribution >= 4 is 17.4 Å². The Morgan fingerprint density at radius 1 is 0.971 bits per heavy atom. The van der Waals surface area contributed by atoms with Crippen LogP contribution in [0.4, 0.5) is 11.5 Å². The standard InChI is InChI=1S/C26H27N7O/c1-19-24(31-26(34)22-17-27-11-12-28-22)21(25(30-19)20-7-3-2-4-8-20)18-32-13-15-33(16-14-32)23-9-5-6-10-29-23/h2-12,17,30H,13-16,18H2,1H3,(H,31,34). The minimum Gasteiger partial charge on any atom is -0.357 e. The molecule has 1 fully saturated rings. The van der Waals surface area contributed by atoms with Gasteiger partial charge in [0.2, 0.25) is 0 Å². The minimum absolute atomic E-state index is 0.268. The van der Waals surface area contributed by atoms with Gasteiger partial charge in [-0.25, -0.2) is 9.97 Å². The van der Waals surface area contributed by atoms with Gasteiger partial charge in [-0.2, -0.15) is 0 Å². The smallest absolute Gasteiger partial charge is 0.275 e. The third kappa shape index (κ3) is 4.67. The third-order valence-electron chi connectivity index (χ3n) is 6.12. The maximum atomic E-state index is 12.9. The second-order valence-corrected chi connectivity index (χ2v) is 8.34. The number of amides is 1. The van der Waals surface area contributed by atoms with E-state index < -0.39 is 0 Å². The number of hydrogen-bond donors (Lipinski definition) is 2. The third-order valence-corrected chi connectivity index (χ3v) is 6.12. The fraction of sp³-hybridized carbons (Fsp3) is 0.231. The quantitative estimate of drug-likeness (QED) is 0.462. The van der Waals surface area contributed by atoms with Crippen LogP contribution in [0.25, 0.3) is 11.3 Å². The van der Waals surface area contributed by atoms with Crippen LogP contribution in [-0.2, 0) is 6.54 Å². The zero-order chi connectivity index (χ0) is 23.3. The Kier molecular flexibility index (Phi) is 6.31. The summed E-state index contributed by atoms with van der Waals surface area (Å²) in [5.41, 5.74) is 5.21. The number of anilines is 2. The number of aromatic amines is 1. The predicted molar refractivity (Wildman–Crippen MR) is 133 cm³/mol. The molecule has 4 aromatic rings. The van der Waals surface area contributed by atoms with Gasteiger partial charge < -0.3 is 15.2 Å². The molecule has 0 aliphatic carbocycles. The molecule has 0 bridgehead atoms. The van der Waals surface area contributed by atoms with Crippen LogP contribution in [0.1, 0.15) is 21.7 Å². The van der Waals surface area contributed by atoms with Crippen molar-refractivity contribution in [3.8, 4) is 11.3 Å². The van der Waals surface area contributed by atoms with Gasteiger partial charge in [-0.1, -0.05) is 36.4 Å². The first-order chi connectivity index (χ1) is 16.7. The summed E-state index contributed by atoms with van der Waals surface area (Å²) in [6.07, 6.45) is 6.40. The molecule has 1 amide bonds. The summed E-state index contributed by atoms with van der Waals surface area (Å²) in [5.74, 6) is 0.748. The molecule has 4 heterocycles. The Hall–Kier alpha value is -4.04. The van der Waals surface area contributed by atoms with Crippen LogP contribution in [0.3, 0.4) is 0 Å². The Bertz CT molecular complexity index is 1230. The summed E-state index contributed by atoms with van der Waals surface area (Å²) >= 11 is 0. The van der Waals surface area contributed by atoms with Crippen LogP contribution < -0.4 is 10.2 Å². The molecule has 1 aliphatic rings. The molecule has 1 aromatic carbocycles. The van der Waals surface area contributed by atoms with Crippen LogP contribution in [0.15, 0.2) is 73.3 Å². The van der Waals surface area contributed by atoms with Crippen LogP contribution in [0.5, 0.6) is 0 Å². The van der Waals surface area contributed by atoms with Gasteiger partial charge >= 0.3 is 0 Å². The number of rotatable bonds is 6. The highest BCUT2D eigenvalue weighted by Crippen LogP contribution is 2.33. The van der Waals surface area contributed by atoms with Crippen molar-refractivity contribution in [3.63, 3.8) is 0 Å². The van der Waals surface area contributed by atoms with E-state index in [1.165, 1.54) is 12.4 Å². The van der Waals surface area contributed by atoms with E-state index in [4.69, 9.17) is 0 Å². The SMILES string of the molecule is Cc1[nH]c(-c2ccccc2)c(CN2CCN(c3ccccn3)CC2)c1NC(=O)c1cnccn1. The summed E-state index contributed by atoms with van der Waals surface area (Å²) in [5, 5.41) is 3.09. The molecule has 2 N–H and O–H groups in total. The molecule has 8 nitrogen and oxygen atoms in total. The maximum Gasteiger partial charge on any atom is 0.275 e. The van der Waals surface area contributed by atoms with E-state index in [-0.39, 0.29) is 5.91 Å². The van der Waals surface area contributed by atoms with E-state index in [2.05, 4.69) is 53.3 Å². The number of hydrogen-bond acceptors (Lipinski definition) is 6. The molecule has 8 heteroatoms. The molecule has 0 radical (unpaired) electrons. The number of nitrogens with one attached hydrogen (secondary N) is 2. The van der Waals surface area contributed by atoms with Crippen LogP contribution in [0, 0.1) is 6.92 Å². The normalized spacial score (nSPS) is 14.2. The Balaban J connectivity index is 1.40. The molecule has 1 aliphatic heterocycles. The zero-order valence-electron chi connectivity index (χ0n) is 19.1. The van der Waals surface area contributed by atoms with Gasteiger partial charge in [0.25, 0.3) is 5.91 Å². The number of H-pyrrole nitrogens is 1. The lowest BCUT2D eigenvalue weighted by Gasteiger charge is -2.35. The second kappa shape index (κ2) is 9.84. The molecule has 172 valence electrons. The number of carbonyl (C=O) groups excluding carboxylic acids is 1. The first kappa shape index (κ1) is 21.8. The summed E-state index contributed by atoms with van der Waals surface area (Å²) in [4.78, 5) is 33.8. The lowest BCUT2D eigenvalue weighted by molar-refractivity contribution is 0.102. The van der Waals surface area contributed by atoms with Gasteiger partial charge in [-0.3, -0.25) is 14.7 Å². The van der Waals surface area contributed by atoms with Crippen molar-refractivity contribution in [2.24, 2.45) is 0 Å². The first-order valence-corrected chi connectivity index (χ1v) is 11.4. The van der Waals surface area contributed by atoms with E-state index in [0.29, 0.717) is 5.69 Å². The lowest BCUT2D eigenvalue weighted by Crippen LogP contribution is -2.46. The van der Waals surface area contributed by atoms with E-state index in [0.717, 1.165) is 66.7 Å². The van der Waals surface area contributed by atoms with Crippen molar-refractivity contribution in [3.05, 3.63) is 90.3 Å². The molecule has 1 saturated heterocycles. The average Bonchev–Trinajstić information content (AvgIpc) is 3.20. The molecule has 0 atom stereocenters. The van der Waals surface area contributed by atoms with Gasteiger partial charge in [0, 0.05) is 62.6 Å². The van der Waals surface area contributed by atoms with E-state index in [9.17, 15) is 4.79 Å². The van der Waals surface area contributed by atoms with Crippen molar-refractivity contribution in [2.75, 3.05) is 36.4 Å². The molecular formula is C26H27N7O.